The molecule has 4 nitrogen and oxygen atoms in total. The average molecular weight is 234 g/mol. The molecule has 0 bridgehead atoms. The summed E-state index contributed by atoms with van der Waals surface area (Å²) >= 11 is 0. The Morgan fingerprint density at radius 1 is 1.47 bits per heavy atom. The van der Waals surface area contributed by atoms with E-state index in [1.807, 2.05) is 6.92 Å². The van der Waals surface area contributed by atoms with Gasteiger partial charge in [-0.2, -0.15) is 0 Å². The Bertz CT molecular complexity index is 192. The molecular weight excluding hydrogens is 212 g/mol. The van der Waals surface area contributed by atoms with E-state index in [0.29, 0.717) is 6.54 Å². The molecule has 2 N–H and O–H groups in total. The van der Waals surface area contributed by atoms with Crippen molar-refractivity contribution in [3.8, 4) is 0 Å². The number of ether oxygens (including phenoxy) is 1. The smallest absolute Gasteiger partial charge is 0.0709 e. The van der Waals surface area contributed by atoms with Crippen LogP contribution in [-0.4, -0.2) is 59.5 Å². The molecule has 0 spiro atoms. The van der Waals surface area contributed by atoms with Crippen LogP contribution in [0.1, 0.15) is 13.3 Å². The number of nitrogens with zero attached hydrogens (tertiary/aromatic N) is 1. The van der Waals surface area contributed by atoms with E-state index < -0.39 is 10.8 Å². The number of hydrogen-bond donors (Lipinski definition) is 1. The fourth-order valence-corrected chi connectivity index (χ4v) is 2.86. The van der Waals surface area contributed by atoms with Crippen molar-refractivity contribution >= 4 is 10.8 Å². The van der Waals surface area contributed by atoms with Crippen LogP contribution >= 0.6 is 0 Å². The minimum absolute atomic E-state index is 0.183. The summed E-state index contributed by atoms with van der Waals surface area (Å²) in [5.74, 6) is 1.64. The standard InChI is InChI=1S/C10H22N2O2S/c1-2-14-10(9-11)3-4-12-5-7-15(13)8-6-12/h10H,2-9,11H2,1H3. The van der Waals surface area contributed by atoms with E-state index in [2.05, 4.69) is 4.90 Å². The quantitative estimate of drug-likeness (QED) is 0.692. The fourth-order valence-electron chi connectivity index (χ4n) is 1.73. The van der Waals surface area contributed by atoms with Gasteiger partial charge in [0.2, 0.25) is 0 Å². The predicted molar refractivity (Wildman–Crippen MR) is 63.4 cm³/mol. The molecule has 0 aromatic carbocycles. The van der Waals surface area contributed by atoms with E-state index in [1.54, 1.807) is 0 Å². The maximum absolute atomic E-state index is 11.1. The molecule has 1 unspecified atom stereocenters. The highest BCUT2D eigenvalue weighted by Crippen LogP contribution is 2.04. The fraction of sp³-hybridized carbons (Fsp3) is 1.00. The van der Waals surface area contributed by atoms with E-state index in [4.69, 9.17) is 10.5 Å². The topological polar surface area (TPSA) is 55.6 Å². The summed E-state index contributed by atoms with van der Waals surface area (Å²) in [6.07, 6.45) is 1.17. The second kappa shape index (κ2) is 7.33. The number of hydrogen-bond acceptors (Lipinski definition) is 4. The molecule has 0 aromatic heterocycles. The van der Waals surface area contributed by atoms with Crippen molar-refractivity contribution in [1.29, 1.82) is 0 Å². The van der Waals surface area contributed by atoms with Crippen LogP contribution in [-0.2, 0) is 15.5 Å². The van der Waals surface area contributed by atoms with Crippen LogP contribution in [0.25, 0.3) is 0 Å². The molecule has 1 aliphatic heterocycles. The molecule has 1 heterocycles. The third kappa shape index (κ3) is 5.06. The highest BCUT2D eigenvalue weighted by Gasteiger charge is 2.16. The van der Waals surface area contributed by atoms with Gasteiger partial charge in [-0.25, -0.2) is 0 Å². The Morgan fingerprint density at radius 2 is 2.13 bits per heavy atom. The van der Waals surface area contributed by atoms with Crippen molar-refractivity contribution in [2.45, 2.75) is 19.4 Å². The second-order valence-electron chi connectivity index (χ2n) is 3.79. The van der Waals surface area contributed by atoms with Gasteiger partial charge in [-0.1, -0.05) is 0 Å². The van der Waals surface area contributed by atoms with E-state index in [0.717, 1.165) is 44.2 Å². The van der Waals surface area contributed by atoms with Crippen molar-refractivity contribution in [3.05, 3.63) is 0 Å². The van der Waals surface area contributed by atoms with Gasteiger partial charge in [-0.15, -0.1) is 0 Å². The van der Waals surface area contributed by atoms with Gasteiger partial charge in [-0.05, 0) is 13.3 Å². The molecule has 1 fully saturated rings. The lowest BCUT2D eigenvalue weighted by Crippen LogP contribution is -2.40. The first-order chi connectivity index (χ1) is 7.26. The van der Waals surface area contributed by atoms with Crippen molar-refractivity contribution < 1.29 is 8.95 Å². The van der Waals surface area contributed by atoms with E-state index in [-0.39, 0.29) is 6.10 Å². The van der Waals surface area contributed by atoms with Crippen LogP contribution in [0.5, 0.6) is 0 Å². The molecule has 1 saturated heterocycles. The largest absolute Gasteiger partial charge is 0.377 e. The van der Waals surface area contributed by atoms with Crippen LogP contribution in [0, 0.1) is 0 Å². The number of rotatable bonds is 6. The molecule has 0 aliphatic carbocycles. The second-order valence-corrected chi connectivity index (χ2v) is 5.49. The molecule has 0 amide bonds. The van der Waals surface area contributed by atoms with Crippen LogP contribution < -0.4 is 5.73 Å². The lowest BCUT2D eigenvalue weighted by atomic mass is 10.2. The summed E-state index contributed by atoms with van der Waals surface area (Å²) in [5.41, 5.74) is 5.60. The van der Waals surface area contributed by atoms with Gasteiger partial charge >= 0.3 is 0 Å². The Balaban J connectivity index is 2.15. The van der Waals surface area contributed by atoms with Gasteiger partial charge in [0, 0.05) is 55.1 Å². The molecule has 0 saturated carbocycles. The first-order valence-corrected chi connectivity index (χ1v) is 7.14. The molecular formula is C10H22N2O2S. The summed E-state index contributed by atoms with van der Waals surface area (Å²) in [4.78, 5) is 2.35. The summed E-state index contributed by atoms with van der Waals surface area (Å²) in [6, 6.07) is 0. The van der Waals surface area contributed by atoms with Gasteiger partial charge in [0.1, 0.15) is 0 Å². The van der Waals surface area contributed by atoms with Crippen LogP contribution in [0.2, 0.25) is 0 Å². The van der Waals surface area contributed by atoms with Crippen molar-refractivity contribution in [1.82, 2.24) is 4.90 Å². The summed E-state index contributed by atoms with van der Waals surface area (Å²) in [7, 11) is -0.578. The molecule has 15 heavy (non-hydrogen) atoms. The molecule has 5 heteroatoms. The van der Waals surface area contributed by atoms with Gasteiger partial charge in [0.15, 0.2) is 0 Å². The van der Waals surface area contributed by atoms with Gasteiger partial charge in [0.05, 0.1) is 6.10 Å². The zero-order valence-electron chi connectivity index (χ0n) is 9.48. The summed E-state index contributed by atoms with van der Waals surface area (Å²) < 4.78 is 16.6. The third-order valence-corrected chi connectivity index (χ3v) is 3.98. The Labute approximate surface area is 94.6 Å². The average Bonchev–Trinajstić information content (AvgIpc) is 2.26. The van der Waals surface area contributed by atoms with Crippen molar-refractivity contribution in [2.24, 2.45) is 5.73 Å². The Kier molecular flexibility index (Phi) is 6.40. The first kappa shape index (κ1) is 13.1. The van der Waals surface area contributed by atoms with Crippen LogP contribution in [0.4, 0.5) is 0 Å². The normalized spacial score (nSPS) is 21.7. The van der Waals surface area contributed by atoms with Gasteiger partial charge in [0.25, 0.3) is 0 Å². The monoisotopic (exact) mass is 234 g/mol. The molecule has 1 rings (SSSR count). The molecule has 0 aromatic rings. The lowest BCUT2D eigenvalue weighted by molar-refractivity contribution is 0.0551. The maximum atomic E-state index is 11.1. The van der Waals surface area contributed by atoms with Crippen LogP contribution in [0.3, 0.4) is 0 Å². The van der Waals surface area contributed by atoms with Gasteiger partial charge < -0.3 is 15.4 Å². The minimum atomic E-state index is -0.578. The Hall–Kier alpha value is 0.0300. The van der Waals surface area contributed by atoms with Crippen molar-refractivity contribution in [2.75, 3.05) is 44.3 Å². The third-order valence-electron chi connectivity index (χ3n) is 2.70. The molecule has 0 radical (unpaired) electrons. The lowest BCUT2D eigenvalue weighted by Gasteiger charge is -2.27. The van der Waals surface area contributed by atoms with E-state index in [1.165, 1.54) is 0 Å². The minimum Gasteiger partial charge on any atom is -0.377 e. The van der Waals surface area contributed by atoms with Crippen LogP contribution in [0.15, 0.2) is 0 Å². The van der Waals surface area contributed by atoms with E-state index >= 15 is 0 Å². The maximum Gasteiger partial charge on any atom is 0.0709 e. The van der Waals surface area contributed by atoms with Crippen molar-refractivity contribution in [3.63, 3.8) is 0 Å². The summed E-state index contributed by atoms with van der Waals surface area (Å²) in [5, 5.41) is 0. The zero-order valence-corrected chi connectivity index (χ0v) is 10.3. The SMILES string of the molecule is CCOC(CN)CCN1CCS(=O)CC1. The van der Waals surface area contributed by atoms with E-state index in [9.17, 15) is 4.21 Å². The molecule has 1 aliphatic rings. The number of nitrogens with two attached hydrogens (primary N) is 1. The first-order valence-electron chi connectivity index (χ1n) is 5.65. The zero-order chi connectivity index (χ0) is 11.1. The van der Waals surface area contributed by atoms with Gasteiger partial charge in [-0.3, -0.25) is 4.21 Å². The molecule has 1 atom stereocenters. The predicted octanol–water partition coefficient (Wildman–Crippen LogP) is -0.195. The molecule has 90 valence electrons. The highest BCUT2D eigenvalue weighted by molar-refractivity contribution is 7.85. The highest BCUT2D eigenvalue weighted by atomic mass is 32.2. The Morgan fingerprint density at radius 3 is 2.67 bits per heavy atom. The summed E-state index contributed by atoms with van der Waals surface area (Å²) in [6.45, 7) is 6.23.